The van der Waals surface area contributed by atoms with Crippen LogP contribution in [0.5, 0.6) is 0 Å². The molecule has 3 aromatic rings. The molecule has 0 saturated carbocycles. The number of halogens is 1. The van der Waals surface area contributed by atoms with Crippen molar-refractivity contribution in [3.63, 3.8) is 0 Å². The summed E-state index contributed by atoms with van der Waals surface area (Å²) >= 11 is 7.59. The molecule has 1 aliphatic heterocycles. The zero-order chi connectivity index (χ0) is 22.2. The molecule has 0 fully saturated rings. The largest absolute Gasteiger partial charge is 0.507 e. The van der Waals surface area contributed by atoms with Crippen LogP contribution in [0.3, 0.4) is 0 Å². The molecule has 32 heavy (non-hydrogen) atoms. The quantitative estimate of drug-likeness (QED) is 0.415. The van der Waals surface area contributed by atoms with Gasteiger partial charge in [-0.1, -0.05) is 35.9 Å². The molecule has 0 radical (unpaired) electrons. The monoisotopic (exact) mass is 460 g/mol. The maximum Gasteiger partial charge on any atom is 0.161 e. The van der Waals surface area contributed by atoms with Gasteiger partial charge in [0.05, 0.1) is 11.5 Å². The molecule has 0 spiro atoms. The number of para-hydroxylation sites is 1. The van der Waals surface area contributed by atoms with Crippen molar-refractivity contribution in [1.29, 1.82) is 5.41 Å². The second-order valence-electron chi connectivity index (χ2n) is 7.87. The summed E-state index contributed by atoms with van der Waals surface area (Å²) in [7, 11) is 0. The highest BCUT2D eigenvalue weighted by atomic mass is 35.5. The first-order valence-electron chi connectivity index (χ1n) is 10.5. The van der Waals surface area contributed by atoms with Gasteiger partial charge in [-0.15, -0.1) is 11.3 Å². The Labute approximate surface area is 195 Å². The van der Waals surface area contributed by atoms with Crippen LogP contribution in [0.25, 0.3) is 5.76 Å². The number of hydrogen-bond donors (Lipinski definition) is 2. The van der Waals surface area contributed by atoms with E-state index in [0.717, 1.165) is 29.1 Å². The molecule has 1 aliphatic carbocycles. The fraction of sp³-hybridized carbons (Fsp3) is 0.154. The van der Waals surface area contributed by atoms with Crippen LogP contribution in [0.4, 0.5) is 5.69 Å². The Balaban J connectivity index is 1.81. The standard InChI is InChI=1S/C26H21ClN2O2S/c27-17-13-11-16(12-14-17)25(31)24-23(21-10-5-15-32-21)22-19(8-4-9-20(22)30)29(26(24)28)18-6-2-1-3-7-18/h1-3,5-7,10-15,23,28,31H,4,8-9H2. The molecule has 160 valence electrons. The van der Waals surface area contributed by atoms with E-state index < -0.39 is 5.92 Å². The maximum absolute atomic E-state index is 13.3. The van der Waals surface area contributed by atoms with Gasteiger partial charge in [0.25, 0.3) is 0 Å². The second kappa shape index (κ2) is 8.41. The van der Waals surface area contributed by atoms with Crippen LogP contribution in [0.2, 0.25) is 5.02 Å². The summed E-state index contributed by atoms with van der Waals surface area (Å²) in [6.45, 7) is 0. The second-order valence-corrected chi connectivity index (χ2v) is 9.29. The van der Waals surface area contributed by atoms with Gasteiger partial charge in [0.2, 0.25) is 0 Å². The SMILES string of the molecule is N=C1C(=C(O)c2ccc(Cl)cc2)C(c2cccs2)C2=C(CCCC2=O)N1c1ccccc1. The third-order valence-corrected chi connectivity index (χ3v) is 7.16. The number of allylic oxidation sites excluding steroid dienone is 2. The number of aliphatic hydroxyl groups excluding tert-OH is 1. The highest BCUT2D eigenvalue weighted by Gasteiger charge is 2.43. The van der Waals surface area contributed by atoms with Gasteiger partial charge in [-0.05, 0) is 60.7 Å². The number of carbonyl (C=O) groups is 1. The Kier molecular flexibility index (Phi) is 5.45. The smallest absolute Gasteiger partial charge is 0.161 e. The number of rotatable bonds is 3. The molecule has 0 bridgehead atoms. The molecular formula is C26H21ClN2O2S. The lowest BCUT2D eigenvalue weighted by atomic mass is 9.76. The van der Waals surface area contributed by atoms with Crippen molar-refractivity contribution in [3.05, 3.63) is 104 Å². The number of amidine groups is 1. The normalized spacial score (nSPS) is 20.4. The summed E-state index contributed by atoms with van der Waals surface area (Å²) in [6.07, 6.45) is 1.95. The molecule has 1 unspecified atom stereocenters. The van der Waals surface area contributed by atoms with E-state index in [2.05, 4.69) is 0 Å². The number of hydrogen-bond acceptors (Lipinski definition) is 4. The topological polar surface area (TPSA) is 64.4 Å². The van der Waals surface area contributed by atoms with E-state index in [1.54, 1.807) is 24.3 Å². The van der Waals surface area contributed by atoms with Crippen LogP contribution in [0, 0.1) is 5.41 Å². The van der Waals surface area contributed by atoms with Gasteiger partial charge in [0.15, 0.2) is 5.78 Å². The number of anilines is 1. The Morgan fingerprint density at radius 1 is 1.03 bits per heavy atom. The van der Waals surface area contributed by atoms with Crippen molar-refractivity contribution in [1.82, 2.24) is 0 Å². The summed E-state index contributed by atoms with van der Waals surface area (Å²) in [5, 5.41) is 23.2. The number of aliphatic hydroxyl groups is 1. The molecule has 1 atom stereocenters. The van der Waals surface area contributed by atoms with E-state index >= 15 is 0 Å². The van der Waals surface area contributed by atoms with Gasteiger partial charge >= 0.3 is 0 Å². The van der Waals surface area contributed by atoms with Crippen LogP contribution in [-0.4, -0.2) is 16.7 Å². The minimum Gasteiger partial charge on any atom is -0.507 e. The lowest BCUT2D eigenvalue weighted by molar-refractivity contribution is -0.116. The molecule has 2 heterocycles. The Hall–Kier alpha value is -3.15. The first-order valence-corrected chi connectivity index (χ1v) is 11.7. The highest BCUT2D eigenvalue weighted by Crippen LogP contribution is 2.48. The van der Waals surface area contributed by atoms with E-state index in [0.29, 0.717) is 28.2 Å². The fourth-order valence-electron chi connectivity index (χ4n) is 4.56. The van der Waals surface area contributed by atoms with Crippen LogP contribution in [0.1, 0.15) is 35.6 Å². The number of nitrogens with zero attached hydrogens (tertiary/aromatic N) is 1. The van der Waals surface area contributed by atoms with Crippen LogP contribution < -0.4 is 4.90 Å². The molecular weight excluding hydrogens is 440 g/mol. The van der Waals surface area contributed by atoms with Gasteiger partial charge in [-0.2, -0.15) is 0 Å². The molecule has 1 aromatic heterocycles. The van der Waals surface area contributed by atoms with Gasteiger partial charge in [-0.25, -0.2) is 0 Å². The highest BCUT2D eigenvalue weighted by molar-refractivity contribution is 7.10. The molecule has 0 saturated heterocycles. The first-order chi connectivity index (χ1) is 15.6. The van der Waals surface area contributed by atoms with E-state index in [1.165, 1.54) is 11.3 Å². The van der Waals surface area contributed by atoms with Gasteiger partial charge in [0, 0.05) is 38.8 Å². The average Bonchev–Trinajstić information content (AvgIpc) is 3.34. The van der Waals surface area contributed by atoms with E-state index in [1.807, 2.05) is 52.7 Å². The molecule has 2 aliphatic rings. The van der Waals surface area contributed by atoms with Crippen molar-refractivity contribution in [2.45, 2.75) is 25.2 Å². The third kappa shape index (κ3) is 3.48. The molecule has 2 aromatic carbocycles. The Morgan fingerprint density at radius 2 is 1.78 bits per heavy atom. The van der Waals surface area contributed by atoms with Gasteiger partial charge in [0.1, 0.15) is 11.6 Å². The fourth-order valence-corrected chi connectivity index (χ4v) is 5.53. The summed E-state index contributed by atoms with van der Waals surface area (Å²) in [5.41, 5.74) is 3.37. The third-order valence-electron chi connectivity index (χ3n) is 5.97. The lowest BCUT2D eigenvalue weighted by Crippen LogP contribution is -2.42. The van der Waals surface area contributed by atoms with E-state index in [4.69, 9.17) is 11.6 Å². The summed E-state index contributed by atoms with van der Waals surface area (Å²) < 4.78 is 0. The van der Waals surface area contributed by atoms with Crippen LogP contribution in [-0.2, 0) is 4.79 Å². The molecule has 4 nitrogen and oxygen atoms in total. The number of Topliss-reactive ketones (excluding diaryl/α,β-unsaturated/α-hetero) is 1. The Morgan fingerprint density at radius 3 is 2.47 bits per heavy atom. The minimum absolute atomic E-state index is 0.00378. The minimum atomic E-state index is -0.471. The molecule has 0 amide bonds. The zero-order valence-electron chi connectivity index (χ0n) is 17.2. The predicted octanol–water partition coefficient (Wildman–Crippen LogP) is 6.96. The van der Waals surface area contributed by atoms with Crippen molar-refractivity contribution in [2.75, 3.05) is 4.90 Å². The first kappa shape index (κ1) is 20.7. The summed E-state index contributed by atoms with van der Waals surface area (Å²) in [4.78, 5) is 16.1. The van der Waals surface area contributed by atoms with Crippen LogP contribution in [0.15, 0.2) is 89.0 Å². The van der Waals surface area contributed by atoms with Crippen molar-refractivity contribution < 1.29 is 9.90 Å². The zero-order valence-corrected chi connectivity index (χ0v) is 18.8. The number of ketones is 1. The molecule has 5 rings (SSSR count). The summed E-state index contributed by atoms with van der Waals surface area (Å²) in [5.74, 6) is -0.202. The van der Waals surface area contributed by atoms with Gasteiger partial charge in [-0.3, -0.25) is 15.1 Å². The Bertz CT molecular complexity index is 1240. The number of thiophene rings is 1. The lowest BCUT2D eigenvalue weighted by Gasteiger charge is -2.41. The van der Waals surface area contributed by atoms with Crippen molar-refractivity contribution in [3.8, 4) is 0 Å². The van der Waals surface area contributed by atoms with E-state index in [9.17, 15) is 15.3 Å². The molecule has 2 N–H and O–H groups in total. The van der Waals surface area contributed by atoms with Crippen molar-refractivity contribution >= 4 is 46.0 Å². The predicted molar refractivity (Wildman–Crippen MR) is 131 cm³/mol. The molecule has 6 heteroatoms. The van der Waals surface area contributed by atoms with Gasteiger partial charge < -0.3 is 5.11 Å². The summed E-state index contributed by atoms with van der Waals surface area (Å²) in [6, 6.07) is 20.4. The van der Waals surface area contributed by atoms with Crippen molar-refractivity contribution in [2.24, 2.45) is 0 Å². The number of benzene rings is 2. The average molecular weight is 461 g/mol. The number of carbonyl (C=O) groups excluding carboxylic acids is 1. The maximum atomic E-state index is 13.3. The number of nitrogens with one attached hydrogen (secondary N) is 1. The van der Waals surface area contributed by atoms with E-state index in [-0.39, 0.29) is 17.4 Å². The van der Waals surface area contributed by atoms with Crippen LogP contribution >= 0.6 is 22.9 Å².